The fourth-order valence-corrected chi connectivity index (χ4v) is 3.78. The summed E-state index contributed by atoms with van der Waals surface area (Å²) in [5.74, 6) is 0.700. The maximum atomic E-state index is 11.7. The molecule has 1 amide bonds. The van der Waals surface area contributed by atoms with E-state index in [2.05, 4.69) is 41.9 Å². The molecule has 0 atom stereocenters. The minimum Gasteiger partial charge on any atom is -0.495 e. The number of halogens is 2. The monoisotopic (exact) mass is 810 g/mol. The van der Waals surface area contributed by atoms with E-state index in [0.29, 0.717) is 10.2 Å². The maximum Gasteiger partial charge on any atom is 0.519 e. The number of rotatable bonds is 5. The Labute approximate surface area is 294 Å². The van der Waals surface area contributed by atoms with Gasteiger partial charge in [-0.25, -0.2) is 14.4 Å². The van der Waals surface area contributed by atoms with E-state index < -0.39 is 45.1 Å². The van der Waals surface area contributed by atoms with Crippen molar-refractivity contribution >= 4 is 73.0 Å². The third kappa shape index (κ3) is 17.5. The molecule has 2 aromatic carbocycles. The average Bonchev–Trinajstić information content (AvgIpc) is 2.87. The van der Waals surface area contributed by atoms with Crippen LogP contribution in [0.15, 0.2) is 33.2 Å². The highest BCUT2D eigenvalue weighted by molar-refractivity contribution is 9.11. The van der Waals surface area contributed by atoms with Crippen LogP contribution in [0, 0.1) is 20.2 Å². The molecule has 0 saturated carbocycles. The van der Waals surface area contributed by atoms with Gasteiger partial charge >= 0.3 is 18.4 Å². The summed E-state index contributed by atoms with van der Waals surface area (Å²) in [5.41, 5.74) is 3.59. The van der Waals surface area contributed by atoms with Gasteiger partial charge < -0.3 is 34.2 Å². The second-order valence-corrected chi connectivity index (χ2v) is 13.9. The van der Waals surface area contributed by atoms with E-state index in [0.717, 1.165) is 0 Å². The summed E-state index contributed by atoms with van der Waals surface area (Å²) in [6.07, 6.45) is -2.83. The van der Waals surface area contributed by atoms with Crippen molar-refractivity contribution in [2.75, 3.05) is 25.3 Å². The molecule has 3 N–H and O–H groups in total. The molecule has 2 aromatic rings. The highest BCUT2D eigenvalue weighted by Crippen LogP contribution is 2.36. The van der Waals surface area contributed by atoms with Crippen LogP contribution in [0.3, 0.4) is 0 Å². The second-order valence-electron chi connectivity index (χ2n) is 12.2. The topological polar surface area (TPSA) is 231 Å². The Kier molecular flexibility index (Phi) is 16.6. The molecule has 0 radical (unpaired) electrons. The Morgan fingerprint density at radius 1 is 0.688 bits per heavy atom. The highest BCUT2D eigenvalue weighted by Gasteiger charge is 2.25. The molecule has 268 valence electrons. The van der Waals surface area contributed by atoms with Crippen LogP contribution >= 0.6 is 31.9 Å². The lowest BCUT2D eigenvalue weighted by atomic mass is 10.2. The summed E-state index contributed by atoms with van der Waals surface area (Å²) in [6.45, 7) is 15.2. The molecule has 0 saturated heterocycles. The van der Waals surface area contributed by atoms with Crippen LogP contribution < -0.4 is 20.5 Å². The zero-order chi connectivity index (χ0) is 37.8. The fraction of sp³-hybridized carbons (Fsp3) is 0.483. The quantitative estimate of drug-likeness (QED) is 0.0720. The van der Waals surface area contributed by atoms with E-state index in [9.17, 15) is 34.6 Å². The Balaban J connectivity index is 0.000000710. The SMILES string of the molecule is CC(C)(C)OC(=O)OC(=O)OC(C)(C)C.COc1cc(Br)c([N+](=O)[O-])cc1N.COc1cc(Br)c([N+](=O)[O-])cc1NC(=O)OC(C)(C)C. The molecule has 0 heterocycles. The summed E-state index contributed by atoms with van der Waals surface area (Å²) in [4.78, 5) is 54.0. The van der Waals surface area contributed by atoms with Crippen molar-refractivity contribution in [3.05, 3.63) is 53.4 Å². The van der Waals surface area contributed by atoms with Gasteiger partial charge in [0.15, 0.2) is 0 Å². The molecule has 48 heavy (non-hydrogen) atoms. The van der Waals surface area contributed by atoms with Crippen molar-refractivity contribution in [1.29, 1.82) is 0 Å². The van der Waals surface area contributed by atoms with Gasteiger partial charge in [0.1, 0.15) is 28.3 Å². The van der Waals surface area contributed by atoms with Crippen molar-refractivity contribution in [2.24, 2.45) is 0 Å². The largest absolute Gasteiger partial charge is 0.519 e. The standard InChI is InChI=1S/C12H15BrN2O5.C10H18O5.C7H7BrN2O3/c1-12(2,3)20-11(16)14-8-6-9(15(17)18)7(13)5-10(8)19-4;1-9(2,3)14-7(11)13-8(12)15-10(4,5)6;1-13-7-2-4(8)6(10(11)12)3-5(7)9/h5-6H,1-4H3,(H,14,16);1-6H3;2-3H,9H2,1H3. The van der Waals surface area contributed by atoms with Crippen LogP contribution in [0.25, 0.3) is 0 Å². The Hall–Kier alpha value is -4.39. The van der Waals surface area contributed by atoms with Gasteiger partial charge in [-0.2, -0.15) is 0 Å². The zero-order valence-electron chi connectivity index (χ0n) is 28.3. The number of nitrogens with zero attached hydrogens (tertiary/aromatic N) is 2. The molecule has 0 aliphatic rings. The molecule has 0 aromatic heterocycles. The summed E-state index contributed by atoms with van der Waals surface area (Å²) < 4.78 is 29.4. The van der Waals surface area contributed by atoms with E-state index in [1.807, 2.05) is 0 Å². The fourth-order valence-electron chi connectivity index (χ4n) is 2.85. The lowest BCUT2D eigenvalue weighted by Gasteiger charge is -2.20. The van der Waals surface area contributed by atoms with Gasteiger partial charge in [0.2, 0.25) is 0 Å². The summed E-state index contributed by atoms with van der Waals surface area (Å²) in [6, 6.07) is 5.33. The average molecular weight is 812 g/mol. The Bertz CT molecular complexity index is 1460. The smallest absolute Gasteiger partial charge is 0.495 e. The molecule has 0 spiro atoms. The number of carbonyl (C=O) groups excluding carboxylic acids is 3. The van der Waals surface area contributed by atoms with Crippen LogP contribution in [0.2, 0.25) is 0 Å². The number of nitrogen functional groups attached to an aromatic ring is 1. The van der Waals surface area contributed by atoms with E-state index in [4.69, 9.17) is 29.4 Å². The normalized spacial score (nSPS) is 10.9. The van der Waals surface area contributed by atoms with Crippen LogP contribution in [0.5, 0.6) is 11.5 Å². The zero-order valence-corrected chi connectivity index (χ0v) is 31.5. The number of anilines is 2. The van der Waals surface area contributed by atoms with Gasteiger partial charge in [-0.15, -0.1) is 0 Å². The highest BCUT2D eigenvalue weighted by atomic mass is 79.9. The first-order valence-corrected chi connectivity index (χ1v) is 15.2. The van der Waals surface area contributed by atoms with E-state index in [-0.39, 0.29) is 33.0 Å². The number of nitro benzene ring substituents is 2. The van der Waals surface area contributed by atoms with Crippen LogP contribution in [-0.4, -0.2) is 59.3 Å². The van der Waals surface area contributed by atoms with Crippen molar-refractivity contribution in [3.8, 4) is 11.5 Å². The minimum absolute atomic E-state index is 0.0710. The van der Waals surface area contributed by atoms with Gasteiger partial charge in [0.05, 0.1) is 44.4 Å². The van der Waals surface area contributed by atoms with Crippen molar-refractivity contribution < 1.29 is 52.7 Å². The second kappa shape index (κ2) is 18.2. The molecule has 0 aliphatic carbocycles. The van der Waals surface area contributed by atoms with Crippen LogP contribution in [0.4, 0.5) is 37.1 Å². The molecule has 0 aliphatic heterocycles. The van der Waals surface area contributed by atoms with Gasteiger partial charge in [-0.1, -0.05) is 0 Å². The lowest BCUT2D eigenvalue weighted by molar-refractivity contribution is -0.385. The molecule has 19 heteroatoms. The number of ether oxygens (including phenoxy) is 6. The summed E-state index contributed by atoms with van der Waals surface area (Å²) >= 11 is 6.12. The number of nitro groups is 2. The number of carbonyl (C=O) groups is 3. The molecule has 17 nitrogen and oxygen atoms in total. The number of hydrogen-bond acceptors (Lipinski definition) is 14. The van der Waals surface area contributed by atoms with Gasteiger partial charge in [0, 0.05) is 24.3 Å². The summed E-state index contributed by atoms with van der Waals surface area (Å²) in [5, 5.41) is 23.8. The number of amides is 1. The number of nitrogens with one attached hydrogen (secondary N) is 1. The molecular weight excluding hydrogens is 772 g/mol. The third-order valence-electron chi connectivity index (χ3n) is 4.54. The lowest BCUT2D eigenvalue weighted by Crippen LogP contribution is -2.29. The minimum atomic E-state index is -1.06. The Morgan fingerprint density at radius 2 is 1.06 bits per heavy atom. The number of benzene rings is 2. The third-order valence-corrected chi connectivity index (χ3v) is 5.81. The Morgan fingerprint density at radius 3 is 1.42 bits per heavy atom. The van der Waals surface area contributed by atoms with E-state index >= 15 is 0 Å². The first-order chi connectivity index (χ1) is 21.7. The maximum absolute atomic E-state index is 11.7. The van der Waals surface area contributed by atoms with E-state index in [1.165, 1.54) is 38.5 Å². The first kappa shape index (κ1) is 43.6. The summed E-state index contributed by atoms with van der Waals surface area (Å²) in [7, 11) is 2.85. The first-order valence-electron chi connectivity index (χ1n) is 13.6. The predicted octanol–water partition coefficient (Wildman–Crippen LogP) is 8.53. The van der Waals surface area contributed by atoms with Crippen molar-refractivity contribution in [3.63, 3.8) is 0 Å². The molecule has 0 unspecified atom stereocenters. The van der Waals surface area contributed by atoms with Gasteiger partial charge in [-0.05, 0) is 94.2 Å². The van der Waals surface area contributed by atoms with Crippen LogP contribution in [-0.2, 0) is 18.9 Å². The van der Waals surface area contributed by atoms with Crippen molar-refractivity contribution in [1.82, 2.24) is 0 Å². The number of nitrogens with two attached hydrogens (primary N) is 1. The van der Waals surface area contributed by atoms with Gasteiger partial charge in [-0.3, -0.25) is 25.5 Å². The molecule has 0 bridgehead atoms. The van der Waals surface area contributed by atoms with Crippen LogP contribution in [0.1, 0.15) is 62.3 Å². The van der Waals surface area contributed by atoms with Crippen molar-refractivity contribution in [2.45, 2.75) is 79.1 Å². The molecule has 2 rings (SSSR count). The molecular formula is C29H40Br2N4O13. The van der Waals surface area contributed by atoms with Gasteiger partial charge in [0.25, 0.3) is 11.4 Å². The molecule has 0 fully saturated rings. The van der Waals surface area contributed by atoms with E-state index in [1.54, 1.807) is 62.3 Å². The number of methoxy groups -OCH3 is 2. The number of hydrogen-bond donors (Lipinski definition) is 2. The predicted molar refractivity (Wildman–Crippen MR) is 183 cm³/mol.